The standard InChI is InChI=1S/C54H89N2O12P/c1-3-5-7-9-11-13-15-17-19-27-33-47(53(59)60)39-48(50(54(61)62)34-28-20-18-16-14-12-10-8-6-4-2)42-66-69(63,64)67-44-49(68-52(58)36-38-56-41-46-31-25-22-26-32-46)43-65-51(57)35-37-55-40-45-29-23-21-24-30-45/h21-26,29-32,47-50,55-56H,3-20,27-28,33-44H2,1-2H3,(H,59,60)(H,61,62)(H,63,64). The average molecular weight is 989 g/mol. The predicted molar refractivity (Wildman–Crippen MR) is 271 cm³/mol. The van der Waals surface area contributed by atoms with Crippen LogP contribution in [0.3, 0.4) is 0 Å². The van der Waals surface area contributed by atoms with Crippen molar-refractivity contribution >= 4 is 31.7 Å². The summed E-state index contributed by atoms with van der Waals surface area (Å²) < 4.78 is 35.3. The third kappa shape index (κ3) is 32.8. The van der Waals surface area contributed by atoms with E-state index in [1.54, 1.807) is 0 Å². The normalized spacial score (nSPS) is 14.1. The molecule has 0 aromatic heterocycles. The van der Waals surface area contributed by atoms with Gasteiger partial charge < -0.3 is 35.2 Å². The lowest BCUT2D eigenvalue weighted by Crippen LogP contribution is -2.32. The first-order valence-electron chi connectivity index (χ1n) is 26.4. The lowest BCUT2D eigenvalue weighted by Gasteiger charge is -2.27. The largest absolute Gasteiger partial charge is 0.481 e. The smallest absolute Gasteiger partial charge is 0.472 e. The van der Waals surface area contributed by atoms with Gasteiger partial charge in [-0.15, -0.1) is 0 Å². The first-order chi connectivity index (χ1) is 33.4. The number of aliphatic carboxylic acids is 2. The quantitative estimate of drug-likeness (QED) is 0.0238. The van der Waals surface area contributed by atoms with Crippen LogP contribution in [0.4, 0.5) is 0 Å². The zero-order chi connectivity index (χ0) is 50.2. The molecule has 0 spiro atoms. The lowest BCUT2D eigenvalue weighted by molar-refractivity contribution is -0.161. The molecule has 2 aromatic carbocycles. The Bertz CT molecular complexity index is 1670. The van der Waals surface area contributed by atoms with Crippen molar-refractivity contribution in [2.75, 3.05) is 32.9 Å². The molecule has 5 unspecified atom stereocenters. The van der Waals surface area contributed by atoms with Gasteiger partial charge in [-0.3, -0.25) is 28.2 Å². The second-order valence-corrected chi connectivity index (χ2v) is 20.1. The van der Waals surface area contributed by atoms with E-state index < -0.39 is 75.4 Å². The van der Waals surface area contributed by atoms with E-state index in [1.807, 2.05) is 60.7 Å². The lowest BCUT2D eigenvalue weighted by atomic mass is 9.80. The van der Waals surface area contributed by atoms with E-state index in [-0.39, 0.29) is 32.2 Å². The number of nitrogens with one attached hydrogen (secondary N) is 2. The maximum absolute atomic E-state index is 13.5. The Balaban J connectivity index is 2.08. The summed E-state index contributed by atoms with van der Waals surface area (Å²) in [6.45, 7) is 4.41. The van der Waals surface area contributed by atoms with Crippen LogP contribution in [0, 0.1) is 17.8 Å². The molecule has 0 heterocycles. The number of benzene rings is 2. The molecule has 0 radical (unpaired) electrons. The van der Waals surface area contributed by atoms with Crippen molar-refractivity contribution in [1.82, 2.24) is 10.6 Å². The molecule has 2 aromatic rings. The number of ether oxygens (including phenoxy) is 2. The first-order valence-corrected chi connectivity index (χ1v) is 27.8. The Morgan fingerprint density at radius 3 is 1.45 bits per heavy atom. The van der Waals surface area contributed by atoms with Gasteiger partial charge in [-0.05, 0) is 36.3 Å². The van der Waals surface area contributed by atoms with Gasteiger partial charge in [0.25, 0.3) is 0 Å². The third-order valence-electron chi connectivity index (χ3n) is 12.6. The van der Waals surface area contributed by atoms with E-state index in [9.17, 15) is 38.8 Å². The number of hydrogen-bond acceptors (Lipinski definition) is 11. The van der Waals surface area contributed by atoms with Crippen LogP contribution in [0.1, 0.15) is 185 Å². The van der Waals surface area contributed by atoms with Crippen LogP contribution in [0.15, 0.2) is 60.7 Å². The molecule has 15 heteroatoms. The number of rotatable bonds is 46. The van der Waals surface area contributed by atoms with E-state index in [4.69, 9.17) is 18.5 Å². The molecule has 392 valence electrons. The second kappa shape index (κ2) is 40.0. The van der Waals surface area contributed by atoms with Crippen LogP contribution in [0.2, 0.25) is 0 Å². The summed E-state index contributed by atoms with van der Waals surface area (Å²) in [5, 5.41) is 27.1. The van der Waals surface area contributed by atoms with Gasteiger partial charge >= 0.3 is 31.7 Å². The van der Waals surface area contributed by atoms with Crippen molar-refractivity contribution in [2.45, 2.75) is 194 Å². The highest BCUT2D eigenvalue weighted by molar-refractivity contribution is 7.47. The van der Waals surface area contributed by atoms with Crippen molar-refractivity contribution in [1.29, 1.82) is 0 Å². The van der Waals surface area contributed by atoms with Gasteiger partial charge in [0.05, 0.1) is 37.9 Å². The van der Waals surface area contributed by atoms with E-state index in [1.165, 1.54) is 64.2 Å². The number of carboxylic acid groups (broad SMARTS) is 2. The number of carboxylic acids is 2. The van der Waals surface area contributed by atoms with Crippen molar-refractivity contribution in [3.8, 4) is 0 Å². The topological polar surface area (TPSA) is 207 Å². The maximum atomic E-state index is 13.5. The zero-order valence-corrected chi connectivity index (χ0v) is 43.1. The zero-order valence-electron chi connectivity index (χ0n) is 42.2. The fraction of sp³-hybridized carbons (Fsp3) is 0.704. The summed E-state index contributed by atoms with van der Waals surface area (Å²) in [4.78, 5) is 62.1. The van der Waals surface area contributed by atoms with E-state index in [0.717, 1.165) is 62.5 Å². The number of carbonyl (C=O) groups excluding carboxylic acids is 2. The minimum Gasteiger partial charge on any atom is -0.481 e. The van der Waals surface area contributed by atoms with Crippen LogP contribution in [-0.2, 0) is 55.4 Å². The summed E-state index contributed by atoms with van der Waals surface area (Å²) in [6.07, 6.45) is 20.9. The number of esters is 2. The van der Waals surface area contributed by atoms with E-state index in [0.29, 0.717) is 38.9 Å². The van der Waals surface area contributed by atoms with Crippen molar-refractivity contribution in [2.24, 2.45) is 17.8 Å². The average Bonchev–Trinajstić information content (AvgIpc) is 3.33. The minimum absolute atomic E-state index is 0.0150. The predicted octanol–water partition coefficient (Wildman–Crippen LogP) is 12.0. The molecule has 0 aliphatic rings. The Labute approximate surface area is 414 Å². The van der Waals surface area contributed by atoms with Gasteiger partial charge in [-0.1, -0.05) is 203 Å². The minimum atomic E-state index is -4.93. The van der Waals surface area contributed by atoms with Crippen molar-refractivity contribution < 1.29 is 57.4 Å². The Morgan fingerprint density at radius 1 is 0.551 bits per heavy atom. The molecular formula is C54H89N2O12P. The number of phosphoric ester groups is 1. The maximum Gasteiger partial charge on any atom is 0.472 e. The highest BCUT2D eigenvalue weighted by atomic mass is 31.2. The molecule has 0 saturated carbocycles. The molecule has 2 rings (SSSR count). The molecule has 0 aliphatic heterocycles. The highest BCUT2D eigenvalue weighted by Crippen LogP contribution is 2.45. The van der Waals surface area contributed by atoms with Gasteiger partial charge in [-0.25, -0.2) is 4.57 Å². The fourth-order valence-corrected chi connectivity index (χ4v) is 9.22. The van der Waals surface area contributed by atoms with Gasteiger partial charge in [0, 0.05) is 26.2 Å². The monoisotopic (exact) mass is 989 g/mol. The van der Waals surface area contributed by atoms with Crippen molar-refractivity contribution in [3.05, 3.63) is 71.8 Å². The Kier molecular flexibility index (Phi) is 35.6. The first kappa shape index (κ1) is 61.5. The van der Waals surface area contributed by atoms with Gasteiger partial charge in [0.15, 0.2) is 6.10 Å². The van der Waals surface area contributed by atoms with Crippen LogP contribution in [0.25, 0.3) is 0 Å². The number of carbonyl (C=O) groups is 4. The van der Waals surface area contributed by atoms with Gasteiger partial charge in [-0.2, -0.15) is 0 Å². The fourth-order valence-electron chi connectivity index (χ4n) is 8.41. The summed E-state index contributed by atoms with van der Waals surface area (Å²) in [5.41, 5.74) is 2.08. The second-order valence-electron chi connectivity index (χ2n) is 18.6. The molecule has 0 fully saturated rings. The third-order valence-corrected chi connectivity index (χ3v) is 13.5. The van der Waals surface area contributed by atoms with Crippen LogP contribution < -0.4 is 10.6 Å². The molecule has 0 bridgehead atoms. The molecule has 14 nitrogen and oxygen atoms in total. The molecule has 0 aliphatic carbocycles. The molecule has 5 atom stereocenters. The Hall–Kier alpha value is -3.65. The summed E-state index contributed by atoms with van der Waals surface area (Å²) >= 11 is 0. The van der Waals surface area contributed by atoms with Crippen LogP contribution in [0.5, 0.6) is 0 Å². The highest BCUT2D eigenvalue weighted by Gasteiger charge is 2.35. The molecular weight excluding hydrogens is 900 g/mol. The van der Waals surface area contributed by atoms with Gasteiger partial charge in [0.1, 0.15) is 6.61 Å². The van der Waals surface area contributed by atoms with Gasteiger partial charge in [0.2, 0.25) is 0 Å². The number of hydrogen-bond donors (Lipinski definition) is 5. The summed E-state index contributed by atoms with van der Waals surface area (Å²) in [6, 6.07) is 19.3. The van der Waals surface area contributed by atoms with Crippen LogP contribution >= 0.6 is 7.82 Å². The number of unbranched alkanes of at least 4 members (excludes halogenated alkanes) is 18. The molecule has 69 heavy (non-hydrogen) atoms. The molecule has 0 amide bonds. The van der Waals surface area contributed by atoms with Crippen LogP contribution in [-0.4, -0.2) is 78.0 Å². The van der Waals surface area contributed by atoms with E-state index >= 15 is 0 Å². The van der Waals surface area contributed by atoms with Crippen molar-refractivity contribution in [3.63, 3.8) is 0 Å². The summed E-state index contributed by atoms with van der Waals surface area (Å²) in [5.74, 6) is -6.17. The molecule has 0 saturated heterocycles. The number of phosphoric acid groups is 1. The molecule has 5 N–H and O–H groups in total. The Morgan fingerprint density at radius 2 is 0.986 bits per heavy atom. The summed E-state index contributed by atoms with van der Waals surface area (Å²) in [7, 11) is -4.93. The van der Waals surface area contributed by atoms with E-state index in [2.05, 4.69) is 24.5 Å². The SMILES string of the molecule is CCCCCCCCCCCCC(CC(COP(=O)(O)OCC(COC(=O)CCNCc1ccccc1)OC(=O)CCNCc1ccccc1)C(CCCCCCCCCCCC)C(=O)O)C(=O)O.